The summed E-state index contributed by atoms with van der Waals surface area (Å²) in [7, 11) is 1.70. The predicted octanol–water partition coefficient (Wildman–Crippen LogP) is 2.53. The number of nitrogens with zero attached hydrogens (tertiary/aromatic N) is 2. The summed E-state index contributed by atoms with van der Waals surface area (Å²) in [6.07, 6.45) is 0. The van der Waals surface area contributed by atoms with Crippen LogP contribution in [0.1, 0.15) is 33.5 Å². The number of hydrogen-bond acceptors (Lipinski definition) is 4. The molecule has 0 spiro atoms. The Morgan fingerprint density at radius 1 is 1.05 bits per heavy atom. The molecule has 2 rings (SSSR count). The first-order valence-electron chi connectivity index (χ1n) is 7.05. The fourth-order valence-electron chi connectivity index (χ4n) is 2.00. The summed E-state index contributed by atoms with van der Waals surface area (Å²) in [5, 5.41) is 0. The van der Waals surface area contributed by atoms with Crippen molar-refractivity contribution in [2.75, 3.05) is 13.7 Å². The van der Waals surface area contributed by atoms with Gasteiger partial charge in [0.05, 0.1) is 6.61 Å². The van der Waals surface area contributed by atoms with Gasteiger partial charge in [0.2, 0.25) is 0 Å². The molecule has 0 N–H and O–H groups in total. The standard InChI is InChI=1S/C17H18N2O3/c1-3-22-17(21)15-11-7-10-14(18-15)16(20)19(2)12-13-8-5-4-6-9-13/h4-11H,3,12H2,1-2H3. The zero-order chi connectivity index (χ0) is 15.9. The normalized spacial score (nSPS) is 10.1. The van der Waals surface area contributed by atoms with E-state index in [4.69, 9.17) is 4.74 Å². The molecule has 1 amide bonds. The molecule has 1 heterocycles. The molecule has 114 valence electrons. The molecule has 0 saturated heterocycles. The van der Waals surface area contributed by atoms with Crippen LogP contribution >= 0.6 is 0 Å². The average Bonchev–Trinajstić information content (AvgIpc) is 2.55. The number of hydrogen-bond donors (Lipinski definition) is 0. The lowest BCUT2D eigenvalue weighted by Gasteiger charge is -2.17. The minimum atomic E-state index is -0.525. The highest BCUT2D eigenvalue weighted by atomic mass is 16.5. The van der Waals surface area contributed by atoms with E-state index in [9.17, 15) is 9.59 Å². The lowest BCUT2D eigenvalue weighted by Crippen LogP contribution is -2.27. The second kappa shape index (κ2) is 7.36. The van der Waals surface area contributed by atoms with Crippen LogP contribution in [-0.2, 0) is 11.3 Å². The van der Waals surface area contributed by atoms with E-state index in [2.05, 4.69) is 4.98 Å². The summed E-state index contributed by atoms with van der Waals surface area (Å²) in [5.41, 5.74) is 1.39. The fourth-order valence-corrected chi connectivity index (χ4v) is 2.00. The minimum absolute atomic E-state index is 0.140. The third-order valence-electron chi connectivity index (χ3n) is 3.06. The van der Waals surface area contributed by atoms with E-state index in [-0.39, 0.29) is 23.9 Å². The van der Waals surface area contributed by atoms with E-state index in [0.29, 0.717) is 6.54 Å². The Morgan fingerprint density at radius 2 is 1.73 bits per heavy atom. The first-order valence-corrected chi connectivity index (χ1v) is 7.05. The molecule has 0 bridgehead atoms. The second-order valence-electron chi connectivity index (χ2n) is 4.78. The number of carbonyl (C=O) groups excluding carboxylic acids is 2. The summed E-state index contributed by atoms with van der Waals surface area (Å²) >= 11 is 0. The van der Waals surface area contributed by atoms with E-state index in [0.717, 1.165) is 5.56 Å². The molecule has 2 aromatic rings. The van der Waals surface area contributed by atoms with E-state index in [1.54, 1.807) is 31.0 Å². The number of amides is 1. The van der Waals surface area contributed by atoms with Gasteiger partial charge in [0.1, 0.15) is 11.4 Å². The van der Waals surface area contributed by atoms with Crippen LogP contribution in [0.4, 0.5) is 0 Å². The molecule has 0 saturated carbocycles. The van der Waals surface area contributed by atoms with Crippen molar-refractivity contribution in [3.8, 4) is 0 Å². The van der Waals surface area contributed by atoms with Crippen molar-refractivity contribution in [3.05, 3.63) is 65.5 Å². The summed E-state index contributed by atoms with van der Waals surface area (Å²) in [4.78, 5) is 29.7. The van der Waals surface area contributed by atoms with Crippen molar-refractivity contribution in [2.24, 2.45) is 0 Å². The highest BCUT2D eigenvalue weighted by Crippen LogP contribution is 2.08. The highest BCUT2D eigenvalue weighted by Gasteiger charge is 2.16. The van der Waals surface area contributed by atoms with Crippen LogP contribution in [0.2, 0.25) is 0 Å². The Labute approximate surface area is 129 Å². The quantitative estimate of drug-likeness (QED) is 0.796. The summed E-state index contributed by atoms with van der Waals surface area (Å²) in [6, 6.07) is 14.4. The Bertz CT molecular complexity index is 656. The molecule has 5 heteroatoms. The number of aromatic nitrogens is 1. The Balaban J connectivity index is 2.12. The van der Waals surface area contributed by atoms with Gasteiger partial charge in [0, 0.05) is 13.6 Å². The summed E-state index contributed by atoms with van der Waals surface area (Å²) < 4.78 is 4.89. The smallest absolute Gasteiger partial charge is 0.356 e. The van der Waals surface area contributed by atoms with Gasteiger partial charge in [-0.25, -0.2) is 9.78 Å². The van der Waals surface area contributed by atoms with Crippen LogP contribution in [0.25, 0.3) is 0 Å². The van der Waals surface area contributed by atoms with Gasteiger partial charge in [-0.15, -0.1) is 0 Å². The SMILES string of the molecule is CCOC(=O)c1cccc(C(=O)N(C)Cc2ccccc2)n1. The largest absolute Gasteiger partial charge is 0.461 e. The molecule has 1 aromatic carbocycles. The van der Waals surface area contributed by atoms with Crippen LogP contribution in [0.3, 0.4) is 0 Å². The number of carbonyl (C=O) groups is 2. The minimum Gasteiger partial charge on any atom is -0.461 e. The van der Waals surface area contributed by atoms with Crippen molar-refractivity contribution in [1.82, 2.24) is 9.88 Å². The van der Waals surface area contributed by atoms with Gasteiger partial charge in [-0.3, -0.25) is 4.79 Å². The number of pyridine rings is 1. The van der Waals surface area contributed by atoms with Crippen LogP contribution in [0.5, 0.6) is 0 Å². The zero-order valence-corrected chi connectivity index (χ0v) is 12.7. The zero-order valence-electron chi connectivity index (χ0n) is 12.7. The van der Waals surface area contributed by atoms with Gasteiger partial charge >= 0.3 is 5.97 Å². The van der Waals surface area contributed by atoms with Gasteiger partial charge < -0.3 is 9.64 Å². The lowest BCUT2D eigenvalue weighted by atomic mass is 10.2. The topological polar surface area (TPSA) is 59.5 Å². The van der Waals surface area contributed by atoms with Crippen LogP contribution < -0.4 is 0 Å². The average molecular weight is 298 g/mol. The third-order valence-corrected chi connectivity index (χ3v) is 3.06. The molecule has 0 fully saturated rings. The Kier molecular flexibility index (Phi) is 5.25. The van der Waals surface area contributed by atoms with Crippen molar-refractivity contribution in [3.63, 3.8) is 0 Å². The number of benzene rings is 1. The first-order chi connectivity index (χ1) is 10.6. The van der Waals surface area contributed by atoms with Gasteiger partial charge in [-0.05, 0) is 24.6 Å². The molecule has 0 unspecified atom stereocenters. The maximum atomic E-state index is 12.4. The third kappa shape index (κ3) is 3.91. The summed E-state index contributed by atoms with van der Waals surface area (Å²) in [6.45, 7) is 2.47. The van der Waals surface area contributed by atoms with E-state index in [1.165, 1.54) is 6.07 Å². The lowest BCUT2D eigenvalue weighted by molar-refractivity contribution is 0.0519. The summed E-state index contributed by atoms with van der Waals surface area (Å²) in [5.74, 6) is -0.766. The Morgan fingerprint density at radius 3 is 2.41 bits per heavy atom. The highest BCUT2D eigenvalue weighted by molar-refractivity contribution is 5.94. The van der Waals surface area contributed by atoms with Gasteiger partial charge in [0.15, 0.2) is 0 Å². The molecular weight excluding hydrogens is 280 g/mol. The van der Waals surface area contributed by atoms with E-state index < -0.39 is 5.97 Å². The van der Waals surface area contributed by atoms with Crippen molar-refractivity contribution < 1.29 is 14.3 Å². The molecular formula is C17H18N2O3. The second-order valence-corrected chi connectivity index (χ2v) is 4.78. The molecule has 0 aliphatic carbocycles. The molecule has 5 nitrogen and oxygen atoms in total. The molecule has 1 aromatic heterocycles. The van der Waals surface area contributed by atoms with Crippen molar-refractivity contribution in [1.29, 1.82) is 0 Å². The van der Waals surface area contributed by atoms with Gasteiger partial charge in [0.25, 0.3) is 5.91 Å². The molecule has 0 radical (unpaired) electrons. The number of ether oxygens (including phenoxy) is 1. The van der Waals surface area contributed by atoms with Crippen molar-refractivity contribution >= 4 is 11.9 Å². The number of rotatable bonds is 5. The predicted molar refractivity (Wildman–Crippen MR) is 82.4 cm³/mol. The molecule has 0 aliphatic heterocycles. The van der Waals surface area contributed by atoms with E-state index in [1.807, 2.05) is 30.3 Å². The molecule has 22 heavy (non-hydrogen) atoms. The number of esters is 1. The van der Waals surface area contributed by atoms with Gasteiger partial charge in [-0.1, -0.05) is 36.4 Å². The van der Waals surface area contributed by atoms with Crippen LogP contribution in [-0.4, -0.2) is 35.4 Å². The van der Waals surface area contributed by atoms with E-state index >= 15 is 0 Å². The fraction of sp³-hybridized carbons (Fsp3) is 0.235. The van der Waals surface area contributed by atoms with Crippen LogP contribution in [0.15, 0.2) is 48.5 Å². The monoisotopic (exact) mass is 298 g/mol. The maximum absolute atomic E-state index is 12.4. The molecule has 0 atom stereocenters. The first kappa shape index (κ1) is 15.7. The maximum Gasteiger partial charge on any atom is 0.356 e. The molecule has 0 aliphatic rings. The van der Waals surface area contributed by atoms with Crippen LogP contribution in [0, 0.1) is 0 Å². The van der Waals surface area contributed by atoms with Crippen molar-refractivity contribution in [2.45, 2.75) is 13.5 Å². The Hall–Kier alpha value is -2.69. The van der Waals surface area contributed by atoms with Gasteiger partial charge in [-0.2, -0.15) is 0 Å².